The van der Waals surface area contributed by atoms with Crippen LogP contribution >= 0.6 is 0 Å². The maximum Gasteiger partial charge on any atom is 0.184 e. The molecule has 1 N–H and O–H groups in total. The Hall–Kier alpha value is -1.26. The summed E-state index contributed by atoms with van der Waals surface area (Å²) in [7, 11) is 0. The molecule has 0 aliphatic carbocycles. The van der Waals surface area contributed by atoms with E-state index in [-0.39, 0.29) is 12.0 Å². The summed E-state index contributed by atoms with van der Waals surface area (Å²) in [5.41, 5.74) is 0.869. The summed E-state index contributed by atoms with van der Waals surface area (Å²) in [5, 5.41) is 9.50. The van der Waals surface area contributed by atoms with Gasteiger partial charge >= 0.3 is 0 Å². The van der Waals surface area contributed by atoms with Crippen molar-refractivity contribution in [3.63, 3.8) is 0 Å². The molecule has 0 atom stereocenters. The van der Waals surface area contributed by atoms with Crippen molar-refractivity contribution in [3.8, 4) is 11.5 Å². The Morgan fingerprint density at radius 2 is 2.13 bits per heavy atom. The number of benzene rings is 1. The van der Waals surface area contributed by atoms with Gasteiger partial charge in [0.1, 0.15) is 0 Å². The van der Waals surface area contributed by atoms with Gasteiger partial charge in [0, 0.05) is 5.56 Å². The third kappa shape index (κ3) is 2.22. The Labute approximate surface area is 88.4 Å². The van der Waals surface area contributed by atoms with E-state index in [1.807, 2.05) is 6.92 Å². The molecular weight excluding hydrogens is 196 g/mol. The predicted molar refractivity (Wildman–Crippen MR) is 53.9 cm³/mol. The van der Waals surface area contributed by atoms with Crippen molar-refractivity contribution in [1.29, 1.82) is 0 Å². The Morgan fingerprint density at radius 1 is 1.40 bits per heavy atom. The van der Waals surface area contributed by atoms with Gasteiger partial charge in [-0.2, -0.15) is 0 Å². The van der Waals surface area contributed by atoms with Crippen LogP contribution < -0.4 is 4.74 Å². The van der Waals surface area contributed by atoms with Crippen LogP contribution in [0.25, 0.3) is 0 Å². The van der Waals surface area contributed by atoms with E-state index in [1.54, 1.807) is 18.2 Å². The lowest BCUT2D eigenvalue weighted by Gasteiger charge is -2.12. The van der Waals surface area contributed by atoms with Gasteiger partial charge in [0.15, 0.2) is 17.8 Å². The second-order valence-electron chi connectivity index (χ2n) is 3.23. The first kappa shape index (κ1) is 10.3. The number of ether oxygens (including phenoxy) is 3. The Kier molecular flexibility index (Phi) is 3.08. The van der Waals surface area contributed by atoms with Gasteiger partial charge in [-0.1, -0.05) is 6.07 Å². The molecule has 1 aliphatic rings. The van der Waals surface area contributed by atoms with Gasteiger partial charge in [0.25, 0.3) is 0 Å². The molecule has 0 saturated carbocycles. The van der Waals surface area contributed by atoms with Gasteiger partial charge < -0.3 is 19.3 Å². The molecule has 1 heterocycles. The number of hydrogen-bond donors (Lipinski definition) is 1. The predicted octanol–water partition coefficient (Wildman–Crippen LogP) is 1.84. The van der Waals surface area contributed by atoms with Gasteiger partial charge in [-0.15, -0.1) is 0 Å². The molecule has 1 aromatic carbocycles. The van der Waals surface area contributed by atoms with Crippen LogP contribution in [-0.2, 0) is 9.47 Å². The van der Waals surface area contributed by atoms with E-state index in [0.29, 0.717) is 25.6 Å². The molecule has 2 rings (SSSR count). The van der Waals surface area contributed by atoms with Crippen molar-refractivity contribution in [2.75, 3.05) is 19.8 Å². The van der Waals surface area contributed by atoms with Crippen LogP contribution in [0.3, 0.4) is 0 Å². The lowest BCUT2D eigenvalue weighted by atomic mass is 10.2. The average molecular weight is 210 g/mol. The molecule has 0 bridgehead atoms. The van der Waals surface area contributed by atoms with Crippen LogP contribution in [0.5, 0.6) is 11.5 Å². The second kappa shape index (κ2) is 4.51. The van der Waals surface area contributed by atoms with Crippen LogP contribution in [0, 0.1) is 0 Å². The number of phenols is 1. The maximum absolute atomic E-state index is 9.50. The Balaban J connectivity index is 2.21. The van der Waals surface area contributed by atoms with Crippen LogP contribution in [0.2, 0.25) is 0 Å². The Bertz CT molecular complexity index is 331. The molecule has 4 nitrogen and oxygen atoms in total. The fourth-order valence-electron chi connectivity index (χ4n) is 1.50. The number of rotatable bonds is 3. The molecule has 0 radical (unpaired) electrons. The summed E-state index contributed by atoms with van der Waals surface area (Å²) >= 11 is 0. The molecule has 0 amide bonds. The van der Waals surface area contributed by atoms with Gasteiger partial charge in [-0.3, -0.25) is 0 Å². The molecule has 1 aromatic rings. The minimum absolute atomic E-state index is 0.138. The van der Waals surface area contributed by atoms with Crippen molar-refractivity contribution in [3.05, 3.63) is 23.8 Å². The number of hydrogen-bond acceptors (Lipinski definition) is 4. The zero-order chi connectivity index (χ0) is 10.7. The van der Waals surface area contributed by atoms with E-state index in [0.717, 1.165) is 5.56 Å². The van der Waals surface area contributed by atoms with Gasteiger partial charge in [-0.25, -0.2) is 0 Å². The van der Waals surface area contributed by atoms with Crippen molar-refractivity contribution in [2.24, 2.45) is 0 Å². The third-order valence-corrected chi connectivity index (χ3v) is 2.18. The molecule has 0 aromatic heterocycles. The van der Waals surface area contributed by atoms with Gasteiger partial charge in [-0.05, 0) is 19.1 Å². The monoisotopic (exact) mass is 210 g/mol. The van der Waals surface area contributed by atoms with Crippen LogP contribution in [-0.4, -0.2) is 24.9 Å². The first-order valence-electron chi connectivity index (χ1n) is 5.00. The van der Waals surface area contributed by atoms with E-state index < -0.39 is 0 Å². The standard InChI is InChI=1S/C11H14O4/c1-2-13-10-7-8(3-4-9(10)12)11-14-5-6-15-11/h3-4,7,11-12H,2,5-6H2,1H3. The number of aromatic hydroxyl groups is 1. The normalized spacial score (nSPS) is 16.9. The first-order valence-corrected chi connectivity index (χ1v) is 5.00. The zero-order valence-corrected chi connectivity index (χ0v) is 8.60. The molecule has 4 heteroatoms. The molecule has 82 valence electrons. The zero-order valence-electron chi connectivity index (χ0n) is 8.60. The van der Waals surface area contributed by atoms with Crippen molar-refractivity contribution >= 4 is 0 Å². The topological polar surface area (TPSA) is 47.9 Å². The highest BCUT2D eigenvalue weighted by molar-refractivity contribution is 5.42. The fraction of sp³-hybridized carbons (Fsp3) is 0.455. The third-order valence-electron chi connectivity index (χ3n) is 2.18. The smallest absolute Gasteiger partial charge is 0.184 e. The lowest BCUT2D eigenvalue weighted by Crippen LogP contribution is -1.99. The van der Waals surface area contributed by atoms with E-state index in [1.165, 1.54) is 0 Å². The summed E-state index contributed by atoms with van der Waals surface area (Å²) in [5.74, 6) is 0.604. The molecule has 1 fully saturated rings. The highest BCUT2D eigenvalue weighted by Crippen LogP contribution is 2.32. The van der Waals surface area contributed by atoms with E-state index >= 15 is 0 Å². The number of phenolic OH excluding ortho intramolecular Hbond substituents is 1. The fourth-order valence-corrected chi connectivity index (χ4v) is 1.50. The van der Waals surface area contributed by atoms with Crippen molar-refractivity contribution in [2.45, 2.75) is 13.2 Å². The Morgan fingerprint density at radius 3 is 2.80 bits per heavy atom. The molecule has 0 unspecified atom stereocenters. The molecule has 1 saturated heterocycles. The van der Waals surface area contributed by atoms with E-state index in [2.05, 4.69) is 0 Å². The lowest BCUT2D eigenvalue weighted by molar-refractivity contribution is -0.0442. The van der Waals surface area contributed by atoms with Crippen LogP contribution in [0.15, 0.2) is 18.2 Å². The molecular formula is C11H14O4. The summed E-state index contributed by atoms with van der Waals surface area (Å²) in [6.45, 7) is 3.60. The first-order chi connectivity index (χ1) is 7.31. The van der Waals surface area contributed by atoms with Gasteiger partial charge in [0.2, 0.25) is 0 Å². The van der Waals surface area contributed by atoms with Crippen molar-refractivity contribution < 1.29 is 19.3 Å². The molecule has 1 aliphatic heterocycles. The van der Waals surface area contributed by atoms with Crippen LogP contribution in [0.1, 0.15) is 18.8 Å². The highest BCUT2D eigenvalue weighted by Gasteiger charge is 2.19. The largest absolute Gasteiger partial charge is 0.504 e. The minimum atomic E-state index is -0.329. The van der Waals surface area contributed by atoms with Gasteiger partial charge in [0.05, 0.1) is 19.8 Å². The minimum Gasteiger partial charge on any atom is -0.504 e. The summed E-state index contributed by atoms with van der Waals surface area (Å²) in [4.78, 5) is 0. The van der Waals surface area contributed by atoms with E-state index in [9.17, 15) is 5.11 Å². The maximum atomic E-state index is 9.50. The highest BCUT2D eigenvalue weighted by atomic mass is 16.7. The summed E-state index contributed by atoms with van der Waals surface area (Å²) in [6.07, 6.45) is -0.329. The van der Waals surface area contributed by atoms with E-state index in [4.69, 9.17) is 14.2 Å². The SMILES string of the molecule is CCOc1cc(C2OCCO2)ccc1O. The van der Waals surface area contributed by atoms with Crippen molar-refractivity contribution in [1.82, 2.24) is 0 Å². The summed E-state index contributed by atoms with van der Waals surface area (Å²) < 4.78 is 16.0. The quantitative estimate of drug-likeness (QED) is 0.826. The van der Waals surface area contributed by atoms with Crippen LogP contribution in [0.4, 0.5) is 0 Å². The average Bonchev–Trinajstić information content (AvgIpc) is 2.75. The molecule has 15 heavy (non-hydrogen) atoms. The second-order valence-corrected chi connectivity index (χ2v) is 3.23. The molecule has 0 spiro atoms. The summed E-state index contributed by atoms with van der Waals surface area (Å²) in [6, 6.07) is 5.11.